The molecule has 0 aromatic carbocycles. The second-order valence-corrected chi connectivity index (χ2v) is 10.5. The first kappa shape index (κ1) is 28.2. The van der Waals surface area contributed by atoms with Gasteiger partial charge in [-0.1, -0.05) is 126 Å². The van der Waals surface area contributed by atoms with Gasteiger partial charge in [0.15, 0.2) is 0 Å². The first-order valence-electron chi connectivity index (χ1n) is 11.7. The van der Waals surface area contributed by atoms with Crippen LogP contribution in [0.2, 0.25) is 0 Å². The molecule has 0 saturated carbocycles. The summed E-state index contributed by atoms with van der Waals surface area (Å²) in [5.74, 6) is 0. The molecule has 28 heavy (non-hydrogen) atoms. The van der Waals surface area contributed by atoms with Crippen LogP contribution in [0.5, 0.6) is 0 Å². The minimum atomic E-state index is -1.94. The van der Waals surface area contributed by atoms with Crippen LogP contribution in [0.15, 0.2) is 0 Å². The normalized spacial score (nSPS) is 16.0. The van der Waals surface area contributed by atoms with Crippen molar-refractivity contribution in [1.29, 1.82) is 0 Å². The van der Waals surface area contributed by atoms with E-state index in [0.29, 0.717) is 0 Å². The summed E-state index contributed by atoms with van der Waals surface area (Å²) in [5.41, 5.74) is 0. The van der Waals surface area contributed by atoms with E-state index >= 15 is 0 Å². The Morgan fingerprint density at radius 1 is 0.500 bits per heavy atom. The summed E-state index contributed by atoms with van der Waals surface area (Å²) >= 11 is -3.88. The van der Waals surface area contributed by atoms with Crippen LogP contribution in [0, 0.1) is 0 Å². The van der Waals surface area contributed by atoms with Crippen LogP contribution >= 0.6 is 0 Å². The van der Waals surface area contributed by atoms with E-state index in [-0.39, 0.29) is 10.5 Å². The molecule has 0 aliphatic carbocycles. The SMILES string of the molecule is CCCCCCC(CCCCCCCCC(CCCCCC)S(=O)[O-])S(=O)[O-]. The number of rotatable bonds is 21. The van der Waals surface area contributed by atoms with Gasteiger partial charge in [-0.05, 0) is 25.7 Å². The van der Waals surface area contributed by atoms with E-state index < -0.39 is 22.2 Å². The lowest BCUT2D eigenvalue weighted by molar-refractivity contribution is 0.477. The minimum Gasteiger partial charge on any atom is -0.772 e. The molecule has 0 aliphatic rings. The molecule has 0 rings (SSSR count). The van der Waals surface area contributed by atoms with E-state index in [1.54, 1.807) is 0 Å². The van der Waals surface area contributed by atoms with E-state index in [1.165, 1.54) is 25.7 Å². The van der Waals surface area contributed by atoms with Crippen molar-refractivity contribution in [3.63, 3.8) is 0 Å². The Labute approximate surface area is 179 Å². The highest BCUT2D eigenvalue weighted by atomic mass is 32.2. The molecule has 170 valence electrons. The van der Waals surface area contributed by atoms with Crippen molar-refractivity contribution in [2.75, 3.05) is 0 Å². The van der Waals surface area contributed by atoms with Gasteiger partial charge in [0.25, 0.3) is 0 Å². The lowest BCUT2D eigenvalue weighted by atomic mass is 10.0. The van der Waals surface area contributed by atoms with Crippen molar-refractivity contribution in [2.24, 2.45) is 0 Å². The zero-order chi connectivity index (χ0) is 21.0. The highest BCUT2D eigenvalue weighted by molar-refractivity contribution is 7.80. The fourth-order valence-corrected chi connectivity index (χ4v) is 5.16. The molecule has 0 N–H and O–H groups in total. The van der Waals surface area contributed by atoms with Crippen molar-refractivity contribution in [1.82, 2.24) is 0 Å². The van der Waals surface area contributed by atoms with E-state index in [2.05, 4.69) is 13.8 Å². The molecule has 0 fully saturated rings. The van der Waals surface area contributed by atoms with Gasteiger partial charge in [-0.15, -0.1) is 0 Å². The third kappa shape index (κ3) is 17.1. The fraction of sp³-hybridized carbons (Fsp3) is 1.00. The van der Waals surface area contributed by atoms with Gasteiger partial charge in [-0.25, -0.2) is 0 Å². The molecule has 0 bridgehead atoms. The van der Waals surface area contributed by atoms with Crippen molar-refractivity contribution < 1.29 is 17.5 Å². The maximum absolute atomic E-state index is 11.3. The molecule has 0 heterocycles. The predicted octanol–water partition coefficient (Wildman–Crippen LogP) is 6.54. The van der Waals surface area contributed by atoms with Crippen molar-refractivity contribution in [3.05, 3.63) is 0 Å². The van der Waals surface area contributed by atoms with Gasteiger partial charge in [0.1, 0.15) is 0 Å². The highest BCUT2D eigenvalue weighted by Gasteiger charge is 2.10. The average molecular weight is 437 g/mol. The molecule has 0 aromatic heterocycles. The minimum absolute atomic E-state index is 0.169. The Morgan fingerprint density at radius 2 is 0.750 bits per heavy atom. The number of hydrogen-bond acceptors (Lipinski definition) is 4. The highest BCUT2D eigenvalue weighted by Crippen LogP contribution is 2.19. The summed E-state index contributed by atoms with van der Waals surface area (Å²) in [6.45, 7) is 4.33. The second kappa shape index (κ2) is 20.5. The molecule has 4 unspecified atom stereocenters. The molecule has 4 atom stereocenters. The summed E-state index contributed by atoms with van der Waals surface area (Å²) in [6.07, 6.45) is 18.6. The van der Waals surface area contributed by atoms with Gasteiger partial charge in [0.2, 0.25) is 0 Å². The zero-order valence-electron chi connectivity index (χ0n) is 18.3. The van der Waals surface area contributed by atoms with Crippen LogP contribution in [0.25, 0.3) is 0 Å². The van der Waals surface area contributed by atoms with Gasteiger partial charge in [0.05, 0.1) is 0 Å². The van der Waals surface area contributed by atoms with Gasteiger partial charge >= 0.3 is 0 Å². The molecule has 6 heteroatoms. The summed E-state index contributed by atoms with van der Waals surface area (Å²) in [7, 11) is 0. The average Bonchev–Trinajstić information content (AvgIpc) is 2.66. The zero-order valence-corrected chi connectivity index (χ0v) is 20.0. The molecule has 0 saturated heterocycles. The van der Waals surface area contributed by atoms with Gasteiger partial charge < -0.3 is 9.11 Å². The molecule has 4 nitrogen and oxygen atoms in total. The number of unbranched alkanes of at least 4 members (excludes halogenated alkanes) is 11. The maximum Gasteiger partial charge on any atom is 0.0215 e. The second-order valence-electron chi connectivity index (χ2n) is 8.16. The van der Waals surface area contributed by atoms with Crippen molar-refractivity contribution in [2.45, 2.75) is 140 Å². The fourth-order valence-electron chi connectivity index (χ4n) is 3.72. The quantitative estimate of drug-likeness (QED) is 0.151. The molecule has 0 aromatic rings. The Hall–Kier alpha value is 0.220. The van der Waals surface area contributed by atoms with E-state index in [0.717, 1.165) is 89.9 Å². The van der Waals surface area contributed by atoms with E-state index in [9.17, 15) is 17.5 Å². The Balaban J connectivity index is 3.71. The van der Waals surface area contributed by atoms with Crippen LogP contribution < -0.4 is 0 Å². The first-order valence-corrected chi connectivity index (χ1v) is 14.0. The molecule has 0 amide bonds. The lowest BCUT2D eigenvalue weighted by Gasteiger charge is -2.20. The monoisotopic (exact) mass is 436 g/mol. The molecular formula is C22H44O4S2-2. The predicted molar refractivity (Wildman–Crippen MR) is 120 cm³/mol. The van der Waals surface area contributed by atoms with Crippen LogP contribution in [-0.4, -0.2) is 28.0 Å². The first-order chi connectivity index (χ1) is 13.5. The largest absolute Gasteiger partial charge is 0.772 e. The topological polar surface area (TPSA) is 80.3 Å². The smallest absolute Gasteiger partial charge is 0.0215 e. The molecule has 0 spiro atoms. The van der Waals surface area contributed by atoms with Crippen LogP contribution in [0.3, 0.4) is 0 Å². The van der Waals surface area contributed by atoms with Crippen LogP contribution in [-0.2, 0) is 22.2 Å². The van der Waals surface area contributed by atoms with Crippen molar-refractivity contribution in [3.8, 4) is 0 Å². The summed E-state index contributed by atoms with van der Waals surface area (Å²) in [5, 5.41) is -0.338. The summed E-state index contributed by atoms with van der Waals surface area (Å²) in [6, 6.07) is 0. The van der Waals surface area contributed by atoms with Crippen LogP contribution in [0.4, 0.5) is 0 Å². The molecule has 0 aliphatic heterocycles. The number of hydrogen-bond donors (Lipinski definition) is 0. The third-order valence-electron chi connectivity index (χ3n) is 5.61. The van der Waals surface area contributed by atoms with Gasteiger partial charge in [-0.2, -0.15) is 0 Å². The standard InChI is InChI=1S/C22H46O4S2/c1-3-5-7-13-17-21(27(23)24)19-15-11-9-10-12-16-20-22(28(25)26)18-14-8-6-4-2/h21-22H,3-20H2,1-2H3,(H,23,24)(H,25,26)/p-2. The Morgan fingerprint density at radius 3 is 1.00 bits per heavy atom. The van der Waals surface area contributed by atoms with Gasteiger partial charge in [-0.3, -0.25) is 8.42 Å². The summed E-state index contributed by atoms with van der Waals surface area (Å²) in [4.78, 5) is 0. The Bertz CT molecular complexity index is 355. The van der Waals surface area contributed by atoms with E-state index in [1.807, 2.05) is 0 Å². The van der Waals surface area contributed by atoms with Crippen molar-refractivity contribution >= 4 is 22.2 Å². The van der Waals surface area contributed by atoms with E-state index in [4.69, 9.17) is 0 Å². The Kier molecular flexibility index (Phi) is 20.7. The molecular weight excluding hydrogens is 392 g/mol. The summed E-state index contributed by atoms with van der Waals surface area (Å²) < 4.78 is 45.4. The van der Waals surface area contributed by atoms with Gasteiger partial charge in [0, 0.05) is 10.5 Å². The third-order valence-corrected chi connectivity index (χ3v) is 7.64. The molecule has 0 radical (unpaired) electrons. The lowest BCUT2D eigenvalue weighted by Crippen LogP contribution is -2.15. The maximum atomic E-state index is 11.3. The van der Waals surface area contributed by atoms with Crippen LogP contribution in [0.1, 0.15) is 129 Å².